The number of likely N-dealkylation sites (tertiary alicyclic amines) is 1. The second-order valence-corrected chi connectivity index (χ2v) is 6.30. The molecule has 9 heteroatoms. The Morgan fingerprint density at radius 3 is 2.61 bits per heavy atom. The Morgan fingerprint density at radius 1 is 1.29 bits per heavy atom. The summed E-state index contributed by atoms with van der Waals surface area (Å²) in [5, 5.41) is 3.24. The molecule has 0 aromatic heterocycles. The van der Waals surface area contributed by atoms with Crippen LogP contribution < -0.4 is 20.5 Å². The van der Waals surface area contributed by atoms with E-state index in [1.807, 2.05) is 25.1 Å². The van der Waals surface area contributed by atoms with Crippen molar-refractivity contribution in [3.05, 3.63) is 23.8 Å². The number of methoxy groups -OCH3 is 2. The van der Waals surface area contributed by atoms with E-state index >= 15 is 0 Å². The first-order valence-electron chi connectivity index (χ1n) is 9.26. The summed E-state index contributed by atoms with van der Waals surface area (Å²) in [6.07, 6.45) is 2.09. The van der Waals surface area contributed by atoms with Gasteiger partial charge >= 0.3 is 6.09 Å². The molecule has 1 aliphatic heterocycles. The fraction of sp³-hybridized carbons (Fsp3) is 0.579. The molecule has 0 unspecified atom stereocenters. The summed E-state index contributed by atoms with van der Waals surface area (Å²) in [4.78, 5) is 17.9. The zero-order valence-corrected chi connectivity index (χ0v) is 19.1. The molecule has 1 aliphatic rings. The van der Waals surface area contributed by atoms with Gasteiger partial charge in [-0.15, -0.1) is 24.0 Å². The number of nitrogens with zero attached hydrogens (tertiary/aromatic N) is 2. The highest BCUT2D eigenvalue weighted by atomic mass is 127. The minimum Gasteiger partial charge on any atom is -0.497 e. The minimum absolute atomic E-state index is 0. The topological polar surface area (TPSA) is 98.4 Å². The number of hydrogen-bond acceptors (Lipinski definition) is 5. The zero-order valence-electron chi connectivity index (χ0n) is 16.8. The SMILES string of the molecule is CCOC(=O)N1CCC(NC(N)=NCCc2cc(OC)ccc2OC)CC1.I. The molecule has 0 saturated carbocycles. The molecule has 1 aromatic rings. The van der Waals surface area contributed by atoms with Crippen LogP contribution in [0.2, 0.25) is 0 Å². The van der Waals surface area contributed by atoms with Crippen LogP contribution in [-0.2, 0) is 11.2 Å². The molecule has 0 spiro atoms. The first-order valence-corrected chi connectivity index (χ1v) is 9.26. The number of piperidine rings is 1. The van der Waals surface area contributed by atoms with Crippen molar-refractivity contribution in [2.45, 2.75) is 32.2 Å². The number of carbonyl (C=O) groups is 1. The number of aliphatic imine (C=N–C) groups is 1. The monoisotopic (exact) mass is 506 g/mol. The molecule has 1 fully saturated rings. The third-order valence-electron chi connectivity index (χ3n) is 4.52. The zero-order chi connectivity index (χ0) is 19.6. The molecule has 1 aromatic carbocycles. The summed E-state index contributed by atoms with van der Waals surface area (Å²) >= 11 is 0. The van der Waals surface area contributed by atoms with Gasteiger partial charge in [-0.3, -0.25) is 4.99 Å². The lowest BCUT2D eigenvalue weighted by Crippen LogP contribution is -2.48. The van der Waals surface area contributed by atoms with Gasteiger partial charge in [0.25, 0.3) is 0 Å². The second-order valence-electron chi connectivity index (χ2n) is 6.30. The van der Waals surface area contributed by atoms with E-state index in [-0.39, 0.29) is 36.1 Å². The minimum atomic E-state index is -0.246. The quantitative estimate of drug-likeness (QED) is 0.335. The van der Waals surface area contributed by atoms with Crippen molar-refractivity contribution in [3.63, 3.8) is 0 Å². The Balaban J connectivity index is 0.00000392. The maximum atomic E-state index is 11.7. The van der Waals surface area contributed by atoms with Crippen LogP contribution in [-0.4, -0.2) is 63.5 Å². The smallest absolute Gasteiger partial charge is 0.409 e. The van der Waals surface area contributed by atoms with E-state index in [1.54, 1.807) is 19.1 Å². The summed E-state index contributed by atoms with van der Waals surface area (Å²) in [7, 11) is 3.28. The average molecular weight is 506 g/mol. The van der Waals surface area contributed by atoms with Gasteiger partial charge in [-0.05, 0) is 49.9 Å². The highest BCUT2D eigenvalue weighted by Gasteiger charge is 2.23. The van der Waals surface area contributed by atoms with E-state index in [1.165, 1.54) is 0 Å². The van der Waals surface area contributed by atoms with E-state index in [2.05, 4.69) is 10.3 Å². The van der Waals surface area contributed by atoms with Crippen LogP contribution >= 0.6 is 24.0 Å². The summed E-state index contributed by atoms with van der Waals surface area (Å²) in [6.45, 7) is 4.07. The third-order valence-corrected chi connectivity index (χ3v) is 4.52. The number of carbonyl (C=O) groups excluding carboxylic acids is 1. The molecule has 0 radical (unpaired) electrons. The van der Waals surface area contributed by atoms with Gasteiger partial charge in [0.05, 0.1) is 20.8 Å². The van der Waals surface area contributed by atoms with Gasteiger partial charge in [0, 0.05) is 25.7 Å². The molecular formula is C19H31IN4O4. The number of rotatable bonds is 7. The molecule has 0 bridgehead atoms. The van der Waals surface area contributed by atoms with Crippen molar-refractivity contribution in [2.75, 3.05) is 40.5 Å². The summed E-state index contributed by atoms with van der Waals surface area (Å²) in [6, 6.07) is 5.91. The standard InChI is InChI=1S/C19H30N4O4.HI/c1-4-27-19(24)23-11-8-15(9-12-23)22-18(20)21-10-7-14-13-16(25-2)5-6-17(14)26-3;/h5-6,13,15H,4,7-12H2,1-3H3,(H3,20,21,22);1H. The Morgan fingerprint density at radius 2 is 2.00 bits per heavy atom. The van der Waals surface area contributed by atoms with Crippen LogP contribution in [0.25, 0.3) is 0 Å². The molecular weight excluding hydrogens is 475 g/mol. The molecule has 8 nitrogen and oxygen atoms in total. The number of ether oxygens (including phenoxy) is 3. The molecule has 1 saturated heterocycles. The van der Waals surface area contributed by atoms with Gasteiger partial charge in [-0.1, -0.05) is 0 Å². The lowest BCUT2D eigenvalue weighted by atomic mass is 10.1. The first-order chi connectivity index (χ1) is 13.1. The number of nitrogens with two attached hydrogens (primary N) is 1. The molecule has 158 valence electrons. The maximum absolute atomic E-state index is 11.7. The van der Waals surface area contributed by atoms with E-state index in [9.17, 15) is 4.79 Å². The number of guanidine groups is 1. The predicted octanol–water partition coefficient (Wildman–Crippen LogP) is 2.39. The Kier molecular flexibility index (Phi) is 10.8. The fourth-order valence-electron chi connectivity index (χ4n) is 3.05. The first kappa shape index (κ1) is 24.1. The van der Waals surface area contributed by atoms with E-state index in [0.29, 0.717) is 38.6 Å². The Labute approximate surface area is 183 Å². The number of nitrogens with one attached hydrogen (secondary N) is 1. The molecule has 3 N–H and O–H groups in total. The lowest BCUT2D eigenvalue weighted by molar-refractivity contribution is 0.0963. The third kappa shape index (κ3) is 7.25. The predicted molar refractivity (Wildman–Crippen MR) is 120 cm³/mol. The summed E-state index contributed by atoms with van der Waals surface area (Å²) in [5.41, 5.74) is 7.04. The lowest BCUT2D eigenvalue weighted by Gasteiger charge is -2.31. The number of halogens is 1. The Bertz CT molecular complexity index is 649. The van der Waals surface area contributed by atoms with Gasteiger partial charge in [-0.2, -0.15) is 0 Å². The van der Waals surface area contributed by atoms with Crippen LogP contribution in [0, 0.1) is 0 Å². The van der Waals surface area contributed by atoms with Crippen molar-refractivity contribution in [2.24, 2.45) is 10.7 Å². The highest BCUT2D eigenvalue weighted by molar-refractivity contribution is 14.0. The van der Waals surface area contributed by atoms with Gasteiger partial charge in [0.2, 0.25) is 0 Å². The second kappa shape index (κ2) is 12.5. The molecule has 1 heterocycles. The van der Waals surface area contributed by atoms with Crippen molar-refractivity contribution in [3.8, 4) is 11.5 Å². The number of hydrogen-bond donors (Lipinski definition) is 2. The normalized spacial score (nSPS) is 14.8. The van der Waals surface area contributed by atoms with Gasteiger partial charge in [-0.25, -0.2) is 4.79 Å². The summed E-state index contributed by atoms with van der Waals surface area (Å²) < 4.78 is 15.7. The average Bonchev–Trinajstić information content (AvgIpc) is 2.68. The van der Waals surface area contributed by atoms with E-state index < -0.39 is 0 Å². The van der Waals surface area contributed by atoms with Crippen molar-refractivity contribution >= 4 is 36.0 Å². The molecule has 0 atom stereocenters. The van der Waals surface area contributed by atoms with Crippen molar-refractivity contribution in [1.29, 1.82) is 0 Å². The van der Waals surface area contributed by atoms with Gasteiger partial charge in [0.15, 0.2) is 5.96 Å². The van der Waals surface area contributed by atoms with Crippen LogP contribution in [0.15, 0.2) is 23.2 Å². The van der Waals surface area contributed by atoms with Crippen molar-refractivity contribution < 1.29 is 19.0 Å². The largest absolute Gasteiger partial charge is 0.497 e. The van der Waals surface area contributed by atoms with Crippen LogP contribution in [0.3, 0.4) is 0 Å². The fourth-order valence-corrected chi connectivity index (χ4v) is 3.05. The molecule has 2 rings (SSSR count). The van der Waals surface area contributed by atoms with Gasteiger partial charge in [0.1, 0.15) is 11.5 Å². The van der Waals surface area contributed by atoms with Crippen LogP contribution in [0.1, 0.15) is 25.3 Å². The summed E-state index contributed by atoms with van der Waals surface area (Å²) in [5.74, 6) is 2.02. The molecule has 28 heavy (non-hydrogen) atoms. The van der Waals surface area contributed by atoms with Crippen LogP contribution in [0.5, 0.6) is 11.5 Å². The Hall–Kier alpha value is -1.91. The number of benzene rings is 1. The molecule has 1 amide bonds. The van der Waals surface area contributed by atoms with E-state index in [4.69, 9.17) is 19.9 Å². The molecule has 0 aliphatic carbocycles. The van der Waals surface area contributed by atoms with Crippen LogP contribution in [0.4, 0.5) is 4.79 Å². The maximum Gasteiger partial charge on any atom is 0.409 e. The van der Waals surface area contributed by atoms with Gasteiger partial charge < -0.3 is 30.2 Å². The highest BCUT2D eigenvalue weighted by Crippen LogP contribution is 2.24. The number of amides is 1. The van der Waals surface area contributed by atoms with E-state index in [0.717, 1.165) is 29.9 Å². The van der Waals surface area contributed by atoms with Crippen molar-refractivity contribution in [1.82, 2.24) is 10.2 Å².